The average molecular weight is 317 g/mol. The van der Waals surface area contributed by atoms with Gasteiger partial charge in [0.05, 0.1) is 6.04 Å². The number of piperazine rings is 1. The molecule has 9 heteroatoms. The highest BCUT2D eigenvalue weighted by Gasteiger charge is 2.31. The van der Waals surface area contributed by atoms with Gasteiger partial charge >= 0.3 is 6.18 Å². The quantitative estimate of drug-likeness (QED) is 0.884. The van der Waals surface area contributed by atoms with Crippen molar-refractivity contribution in [2.45, 2.75) is 19.1 Å². The second-order valence-corrected chi connectivity index (χ2v) is 5.08. The first-order chi connectivity index (χ1) is 10.4. The molecule has 0 radical (unpaired) electrons. The molecule has 1 unspecified atom stereocenters. The Morgan fingerprint density at radius 3 is 2.41 bits per heavy atom. The van der Waals surface area contributed by atoms with Crippen LogP contribution in [0.15, 0.2) is 18.5 Å². The molecule has 2 rings (SSSR count). The Bertz CT molecular complexity index is 488. The van der Waals surface area contributed by atoms with E-state index in [0.717, 1.165) is 0 Å². The van der Waals surface area contributed by atoms with E-state index in [1.807, 2.05) is 15.1 Å². The summed E-state index contributed by atoms with van der Waals surface area (Å²) in [5.41, 5.74) is 0. The number of halogens is 3. The molecule has 1 saturated heterocycles. The second kappa shape index (κ2) is 6.91. The Labute approximate surface area is 126 Å². The van der Waals surface area contributed by atoms with Crippen LogP contribution in [0.3, 0.4) is 0 Å². The SMILES string of the molecule is CC(C(=O)NCC(F)(F)F)N1CCN(c2ncccn2)CC1. The molecule has 0 spiro atoms. The lowest BCUT2D eigenvalue weighted by atomic mass is 10.2. The molecule has 1 atom stereocenters. The molecule has 1 aliphatic rings. The van der Waals surface area contributed by atoms with Crippen LogP contribution in [0.5, 0.6) is 0 Å². The van der Waals surface area contributed by atoms with Gasteiger partial charge in [-0.25, -0.2) is 9.97 Å². The molecule has 1 aromatic heterocycles. The molecule has 122 valence electrons. The number of rotatable bonds is 4. The van der Waals surface area contributed by atoms with Gasteiger partial charge in [0.1, 0.15) is 6.54 Å². The monoisotopic (exact) mass is 317 g/mol. The number of carbonyl (C=O) groups is 1. The molecular formula is C13H18F3N5O. The molecule has 0 saturated carbocycles. The Balaban J connectivity index is 1.82. The van der Waals surface area contributed by atoms with Crippen LogP contribution < -0.4 is 10.2 Å². The summed E-state index contributed by atoms with van der Waals surface area (Å²) in [5, 5.41) is 1.92. The highest BCUT2D eigenvalue weighted by molar-refractivity contribution is 5.81. The van der Waals surface area contributed by atoms with Gasteiger partial charge in [0.2, 0.25) is 11.9 Å². The minimum absolute atomic E-state index is 0.568. The van der Waals surface area contributed by atoms with Gasteiger partial charge in [-0.1, -0.05) is 0 Å². The maximum atomic E-state index is 12.1. The van der Waals surface area contributed by atoms with Crippen LogP contribution in [0.2, 0.25) is 0 Å². The summed E-state index contributed by atoms with van der Waals surface area (Å²) in [7, 11) is 0. The number of anilines is 1. The second-order valence-electron chi connectivity index (χ2n) is 5.08. The molecule has 0 aliphatic carbocycles. The normalized spacial score (nSPS) is 18.1. The summed E-state index contributed by atoms with van der Waals surface area (Å²) in [6, 6.07) is 1.13. The van der Waals surface area contributed by atoms with E-state index >= 15 is 0 Å². The van der Waals surface area contributed by atoms with E-state index in [1.54, 1.807) is 25.4 Å². The zero-order valence-corrected chi connectivity index (χ0v) is 12.2. The lowest BCUT2D eigenvalue weighted by molar-refractivity contribution is -0.141. The maximum absolute atomic E-state index is 12.1. The molecule has 1 aromatic rings. The standard InChI is InChI=1S/C13H18F3N5O/c1-10(11(22)19-9-13(14,15)16)20-5-7-21(8-6-20)12-17-3-2-4-18-12/h2-4,10H,5-9H2,1H3,(H,19,22). The fourth-order valence-electron chi connectivity index (χ4n) is 2.26. The van der Waals surface area contributed by atoms with Gasteiger partial charge in [-0.2, -0.15) is 13.2 Å². The number of carbonyl (C=O) groups excluding carboxylic acids is 1. The van der Waals surface area contributed by atoms with Crippen LogP contribution in [0.4, 0.5) is 19.1 Å². The van der Waals surface area contributed by atoms with Crippen molar-refractivity contribution in [3.63, 3.8) is 0 Å². The zero-order chi connectivity index (χ0) is 16.2. The molecular weight excluding hydrogens is 299 g/mol. The zero-order valence-electron chi connectivity index (χ0n) is 12.2. The molecule has 0 aromatic carbocycles. The first-order valence-corrected chi connectivity index (χ1v) is 6.97. The first kappa shape index (κ1) is 16.5. The van der Waals surface area contributed by atoms with Gasteiger partial charge < -0.3 is 10.2 Å². The van der Waals surface area contributed by atoms with Crippen molar-refractivity contribution in [2.75, 3.05) is 37.6 Å². The van der Waals surface area contributed by atoms with Gasteiger partial charge in [-0.05, 0) is 13.0 Å². The predicted octanol–water partition coefficient (Wildman–Crippen LogP) is 0.666. The molecule has 1 N–H and O–H groups in total. The van der Waals surface area contributed by atoms with Gasteiger partial charge in [-0.3, -0.25) is 9.69 Å². The average Bonchev–Trinajstić information content (AvgIpc) is 2.52. The third kappa shape index (κ3) is 4.55. The van der Waals surface area contributed by atoms with E-state index in [4.69, 9.17) is 0 Å². The molecule has 0 bridgehead atoms. The summed E-state index contributed by atoms with van der Waals surface area (Å²) in [6.45, 7) is 2.70. The third-order valence-corrected chi connectivity index (χ3v) is 3.54. The lowest BCUT2D eigenvalue weighted by Crippen LogP contribution is -2.54. The van der Waals surface area contributed by atoms with Crippen LogP contribution in [0, 0.1) is 0 Å². The highest BCUT2D eigenvalue weighted by Crippen LogP contribution is 2.14. The summed E-state index contributed by atoms with van der Waals surface area (Å²) in [4.78, 5) is 23.9. The summed E-state index contributed by atoms with van der Waals surface area (Å²) >= 11 is 0. The largest absolute Gasteiger partial charge is 0.405 e. The van der Waals surface area contributed by atoms with Crippen LogP contribution in [-0.4, -0.2) is 65.7 Å². The van der Waals surface area contributed by atoms with Gasteiger partial charge in [0.25, 0.3) is 0 Å². The third-order valence-electron chi connectivity index (χ3n) is 3.54. The number of aromatic nitrogens is 2. The van der Waals surface area contributed by atoms with Crippen LogP contribution in [-0.2, 0) is 4.79 Å². The van der Waals surface area contributed by atoms with Gasteiger partial charge in [0, 0.05) is 38.6 Å². The van der Waals surface area contributed by atoms with E-state index in [-0.39, 0.29) is 0 Å². The molecule has 1 fully saturated rings. The number of nitrogens with one attached hydrogen (secondary N) is 1. The van der Waals surface area contributed by atoms with E-state index in [0.29, 0.717) is 32.1 Å². The van der Waals surface area contributed by atoms with Crippen molar-refractivity contribution in [2.24, 2.45) is 0 Å². The fraction of sp³-hybridized carbons (Fsp3) is 0.615. The maximum Gasteiger partial charge on any atom is 0.405 e. The van der Waals surface area contributed by atoms with E-state index in [2.05, 4.69) is 9.97 Å². The van der Waals surface area contributed by atoms with Crippen molar-refractivity contribution < 1.29 is 18.0 Å². The molecule has 22 heavy (non-hydrogen) atoms. The highest BCUT2D eigenvalue weighted by atomic mass is 19.4. The van der Waals surface area contributed by atoms with Gasteiger partial charge in [0.15, 0.2) is 0 Å². The van der Waals surface area contributed by atoms with Crippen molar-refractivity contribution in [1.82, 2.24) is 20.2 Å². The molecule has 1 amide bonds. The van der Waals surface area contributed by atoms with Crippen molar-refractivity contribution in [3.8, 4) is 0 Å². The fourth-order valence-corrected chi connectivity index (χ4v) is 2.26. The van der Waals surface area contributed by atoms with E-state index < -0.39 is 24.7 Å². The minimum Gasteiger partial charge on any atom is -0.346 e. The Morgan fingerprint density at radius 2 is 1.86 bits per heavy atom. The van der Waals surface area contributed by atoms with E-state index in [1.165, 1.54) is 0 Å². The topological polar surface area (TPSA) is 61.4 Å². The Morgan fingerprint density at radius 1 is 1.27 bits per heavy atom. The van der Waals surface area contributed by atoms with Crippen LogP contribution >= 0.6 is 0 Å². The number of amides is 1. The van der Waals surface area contributed by atoms with Crippen molar-refractivity contribution in [3.05, 3.63) is 18.5 Å². The van der Waals surface area contributed by atoms with Crippen molar-refractivity contribution >= 4 is 11.9 Å². The Hall–Kier alpha value is -1.90. The van der Waals surface area contributed by atoms with Gasteiger partial charge in [-0.15, -0.1) is 0 Å². The number of hydrogen-bond acceptors (Lipinski definition) is 5. The van der Waals surface area contributed by atoms with Crippen LogP contribution in [0.25, 0.3) is 0 Å². The Kier molecular flexibility index (Phi) is 5.17. The smallest absolute Gasteiger partial charge is 0.346 e. The van der Waals surface area contributed by atoms with Crippen LogP contribution in [0.1, 0.15) is 6.92 Å². The number of nitrogens with zero attached hydrogens (tertiary/aromatic N) is 4. The summed E-state index contributed by atoms with van der Waals surface area (Å²) < 4.78 is 36.3. The molecule has 6 nitrogen and oxygen atoms in total. The van der Waals surface area contributed by atoms with E-state index in [9.17, 15) is 18.0 Å². The summed E-state index contributed by atoms with van der Waals surface area (Å²) in [6.07, 6.45) is -1.08. The number of hydrogen-bond donors (Lipinski definition) is 1. The lowest BCUT2D eigenvalue weighted by Gasteiger charge is -2.37. The molecule has 2 heterocycles. The first-order valence-electron chi connectivity index (χ1n) is 6.97. The van der Waals surface area contributed by atoms with Crippen molar-refractivity contribution in [1.29, 1.82) is 0 Å². The number of alkyl halides is 3. The minimum atomic E-state index is -4.39. The summed E-state index contributed by atoms with van der Waals surface area (Å²) in [5.74, 6) is 0.0121. The predicted molar refractivity (Wildman–Crippen MR) is 74.3 cm³/mol. The molecule has 1 aliphatic heterocycles.